The van der Waals surface area contributed by atoms with Crippen molar-refractivity contribution < 1.29 is 14.0 Å². The number of hydrogen-bond donors (Lipinski definition) is 0. The van der Waals surface area contributed by atoms with Gasteiger partial charge in [0.25, 0.3) is 5.91 Å². The van der Waals surface area contributed by atoms with Crippen LogP contribution in [-0.4, -0.2) is 47.8 Å². The second kappa shape index (κ2) is 5.87. The van der Waals surface area contributed by atoms with E-state index in [1.54, 1.807) is 4.90 Å². The van der Waals surface area contributed by atoms with Crippen molar-refractivity contribution in [2.24, 2.45) is 11.3 Å². The molecular weight excluding hydrogens is 307 g/mol. The van der Waals surface area contributed by atoms with Gasteiger partial charge in [0.15, 0.2) is 0 Å². The summed E-state index contributed by atoms with van der Waals surface area (Å²) in [4.78, 5) is 29.4. The molecular formula is C19H23FN2O2. The van der Waals surface area contributed by atoms with Gasteiger partial charge in [-0.05, 0) is 62.3 Å². The van der Waals surface area contributed by atoms with Crippen LogP contribution in [0.1, 0.15) is 42.5 Å². The first-order chi connectivity index (χ1) is 11.6. The average molecular weight is 330 g/mol. The van der Waals surface area contributed by atoms with Crippen LogP contribution in [0.4, 0.5) is 4.39 Å². The fourth-order valence-electron chi connectivity index (χ4n) is 4.14. The van der Waals surface area contributed by atoms with Gasteiger partial charge in [0, 0.05) is 31.7 Å². The Morgan fingerprint density at radius 2 is 1.92 bits per heavy atom. The molecule has 0 bridgehead atoms. The Morgan fingerprint density at radius 3 is 2.62 bits per heavy atom. The van der Waals surface area contributed by atoms with Crippen molar-refractivity contribution in [2.75, 3.05) is 26.2 Å². The summed E-state index contributed by atoms with van der Waals surface area (Å²) in [6, 6.07) is 5.65. The van der Waals surface area contributed by atoms with Gasteiger partial charge < -0.3 is 9.80 Å². The zero-order valence-electron chi connectivity index (χ0n) is 13.8. The molecule has 1 atom stereocenters. The van der Waals surface area contributed by atoms with Crippen LogP contribution < -0.4 is 0 Å². The Balaban J connectivity index is 1.47. The maximum Gasteiger partial charge on any atom is 0.253 e. The van der Waals surface area contributed by atoms with E-state index in [1.807, 2.05) is 4.90 Å². The monoisotopic (exact) mass is 330 g/mol. The predicted octanol–water partition coefficient (Wildman–Crippen LogP) is 2.69. The SMILES string of the molecule is O=C(c1ccc(F)cc1)N1CC[C@]2(CCCN(CC3CC3)C2=O)C1. The van der Waals surface area contributed by atoms with Crippen molar-refractivity contribution >= 4 is 11.8 Å². The molecule has 0 radical (unpaired) electrons. The molecule has 1 saturated carbocycles. The van der Waals surface area contributed by atoms with Gasteiger partial charge >= 0.3 is 0 Å². The van der Waals surface area contributed by atoms with Crippen molar-refractivity contribution in [1.82, 2.24) is 9.80 Å². The lowest BCUT2D eigenvalue weighted by Gasteiger charge is -2.39. The Kier molecular flexibility index (Phi) is 3.82. The summed E-state index contributed by atoms with van der Waals surface area (Å²) >= 11 is 0. The zero-order chi connectivity index (χ0) is 16.7. The van der Waals surface area contributed by atoms with Gasteiger partial charge in [-0.2, -0.15) is 0 Å². The zero-order valence-corrected chi connectivity index (χ0v) is 13.8. The largest absolute Gasteiger partial charge is 0.342 e. The molecule has 1 spiro atoms. The van der Waals surface area contributed by atoms with Crippen molar-refractivity contribution in [3.8, 4) is 0 Å². The molecule has 0 N–H and O–H groups in total. The molecule has 4 rings (SSSR count). The maximum absolute atomic E-state index is 13.0. The molecule has 3 aliphatic rings. The van der Waals surface area contributed by atoms with E-state index in [1.165, 1.54) is 37.1 Å². The van der Waals surface area contributed by atoms with E-state index >= 15 is 0 Å². The number of halogens is 1. The van der Waals surface area contributed by atoms with Crippen LogP contribution in [-0.2, 0) is 4.79 Å². The van der Waals surface area contributed by atoms with Gasteiger partial charge in [0.05, 0.1) is 5.41 Å². The van der Waals surface area contributed by atoms with Gasteiger partial charge in [-0.25, -0.2) is 4.39 Å². The molecule has 5 heteroatoms. The van der Waals surface area contributed by atoms with Crippen LogP contribution in [0, 0.1) is 17.2 Å². The normalized spacial score (nSPS) is 27.1. The van der Waals surface area contributed by atoms with E-state index in [4.69, 9.17) is 0 Å². The highest BCUT2D eigenvalue weighted by molar-refractivity contribution is 5.95. The number of carbonyl (C=O) groups is 2. The first kappa shape index (κ1) is 15.6. The van der Waals surface area contributed by atoms with E-state index in [0.717, 1.165) is 32.4 Å². The summed E-state index contributed by atoms with van der Waals surface area (Å²) in [5.41, 5.74) is 0.106. The number of nitrogens with zero attached hydrogens (tertiary/aromatic N) is 2. The number of amides is 2. The summed E-state index contributed by atoms with van der Waals surface area (Å²) in [5.74, 6) is 0.499. The van der Waals surface area contributed by atoms with Crippen LogP contribution in [0.15, 0.2) is 24.3 Å². The van der Waals surface area contributed by atoms with Gasteiger partial charge in [0.1, 0.15) is 5.82 Å². The molecule has 24 heavy (non-hydrogen) atoms. The Bertz CT molecular complexity index is 656. The molecule has 2 aliphatic heterocycles. The van der Waals surface area contributed by atoms with Crippen LogP contribution >= 0.6 is 0 Å². The first-order valence-electron chi connectivity index (χ1n) is 8.92. The third-order valence-electron chi connectivity index (χ3n) is 5.73. The lowest BCUT2D eigenvalue weighted by Crippen LogP contribution is -2.50. The highest BCUT2D eigenvalue weighted by atomic mass is 19.1. The van der Waals surface area contributed by atoms with E-state index in [0.29, 0.717) is 24.6 Å². The number of benzene rings is 1. The molecule has 2 heterocycles. The molecule has 4 nitrogen and oxygen atoms in total. The predicted molar refractivity (Wildman–Crippen MR) is 87.9 cm³/mol. The first-order valence-corrected chi connectivity index (χ1v) is 8.92. The van der Waals surface area contributed by atoms with E-state index < -0.39 is 0 Å². The Morgan fingerprint density at radius 1 is 1.17 bits per heavy atom. The number of likely N-dealkylation sites (tertiary alicyclic amines) is 2. The molecule has 1 aliphatic carbocycles. The van der Waals surface area contributed by atoms with Crippen molar-refractivity contribution in [3.05, 3.63) is 35.6 Å². The smallest absolute Gasteiger partial charge is 0.253 e. The molecule has 1 aromatic carbocycles. The van der Waals surface area contributed by atoms with Crippen molar-refractivity contribution in [3.63, 3.8) is 0 Å². The summed E-state index contributed by atoms with van der Waals surface area (Å²) in [7, 11) is 0. The van der Waals surface area contributed by atoms with Gasteiger partial charge in [-0.3, -0.25) is 9.59 Å². The van der Waals surface area contributed by atoms with E-state index in [2.05, 4.69) is 0 Å². The lowest BCUT2D eigenvalue weighted by atomic mass is 9.78. The fourth-order valence-corrected chi connectivity index (χ4v) is 4.14. The molecule has 0 unspecified atom stereocenters. The minimum absolute atomic E-state index is 0.0982. The summed E-state index contributed by atoms with van der Waals surface area (Å²) in [6.45, 7) is 2.87. The minimum atomic E-state index is -0.386. The second-order valence-electron chi connectivity index (χ2n) is 7.56. The number of hydrogen-bond acceptors (Lipinski definition) is 2. The van der Waals surface area contributed by atoms with Gasteiger partial charge in [-0.15, -0.1) is 0 Å². The van der Waals surface area contributed by atoms with Crippen LogP contribution in [0.3, 0.4) is 0 Å². The second-order valence-corrected chi connectivity index (χ2v) is 7.56. The molecule has 2 amide bonds. The highest BCUT2D eigenvalue weighted by Crippen LogP contribution is 2.42. The van der Waals surface area contributed by atoms with Crippen molar-refractivity contribution in [2.45, 2.75) is 32.1 Å². The fraction of sp³-hybridized carbons (Fsp3) is 0.579. The van der Waals surface area contributed by atoms with Gasteiger partial charge in [-0.1, -0.05) is 0 Å². The standard InChI is InChI=1S/C19H23FN2O2/c20-16-6-4-15(5-7-16)17(23)22-11-9-19(13-22)8-1-10-21(18(19)24)12-14-2-3-14/h4-7,14H,1-3,8-13H2/t19-/m1/s1. The third kappa shape index (κ3) is 2.80. The lowest BCUT2D eigenvalue weighted by molar-refractivity contribution is -0.145. The molecule has 3 fully saturated rings. The van der Waals surface area contributed by atoms with Crippen LogP contribution in [0.25, 0.3) is 0 Å². The van der Waals surface area contributed by atoms with E-state index in [9.17, 15) is 14.0 Å². The molecule has 1 aromatic rings. The average Bonchev–Trinajstić information content (AvgIpc) is 3.30. The number of piperidine rings is 1. The molecule has 2 saturated heterocycles. The van der Waals surface area contributed by atoms with Crippen molar-refractivity contribution in [1.29, 1.82) is 0 Å². The quantitative estimate of drug-likeness (QED) is 0.855. The number of rotatable bonds is 3. The number of carbonyl (C=O) groups excluding carboxylic acids is 2. The van der Waals surface area contributed by atoms with Crippen LogP contribution in [0.2, 0.25) is 0 Å². The van der Waals surface area contributed by atoms with E-state index in [-0.39, 0.29) is 23.0 Å². The van der Waals surface area contributed by atoms with Crippen LogP contribution in [0.5, 0.6) is 0 Å². The minimum Gasteiger partial charge on any atom is -0.342 e. The third-order valence-corrected chi connectivity index (χ3v) is 5.73. The highest BCUT2D eigenvalue weighted by Gasteiger charge is 2.49. The Labute approximate surface area is 141 Å². The van der Waals surface area contributed by atoms with Gasteiger partial charge in [0.2, 0.25) is 5.91 Å². The molecule has 0 aromatic heterocycles. The Hall–Kier alpha value is -1.91. The maximum atomic E-state index is 13.0. The summed E-state index contributed by atoms with van der Waals surface area (Å²) < 4.78 is 13.0. The topological polar surface area (TPSA) is 40.6 Å². The molecule has 128 valence electrons. The summed E-state index contributed by atoms with van der Waals surface area (Å²) in [5, 5.41) is 0. The summed E-state index contributed by atoms with van der Waals surface area (Å²) in [6.07, 6.45) is 5.13.